The molecule has 5 nitrogen and oxygen atoms in total. The highest BCUT2D eigenvalue weighted by Gasteiger charge is 2.42. The average Bonchev–Trinajstić information content (AvgIpc) is 2.76. The molecular weight excluding hydrogens is 484 g/mol. The number of ether oxygens (including phenoxy) is 3. The van der Waals surface area contributed by atoms with E-state index in [9.17, 15) is 0 Å². The summed E-state index contributed by atoms with van der Waals surface area (Å²) in [5.74, 6) is 3.44. The summed E-state index contributed by atoms with van der Waals surface area (Å²) >= 11 is 0. The Morgan fingerprint density at radius 1 is 0.611 bits per heavy atom. The third kappa shape index (κ3) is 6.68. The van der Waals surface area contributed by atoms with Gasteiger partial charge in [0.25, 0.3) is 16.6 Å². The highest BCUT2D eigenvalue weighted by Crippen LogP contribution is 2.45. The van der Waals surface area contributed by atoms with Crippen LogP contribution in [0.3, 0.4) is 0 Å². The number of para-hydroxylation sites is 1. The van der Waals surface area contributed by atoms with Crippen LogP contribution in [0.15, 0.2) is 30.3 Å². The van der Waals surface area contributed by atoms with E-state index < -0.39 is 16.6 Å². The summed E-state index contributed by atoms with van der Waals surface area (Å²) in [7, 11) is 0.637. The van der Waals surface area contributed by atoms with Crippen molar-refractivity contribution in [2.75, 3.05) is 21.3 Å². The Balaban J connectivity index is 2.64. The molecule has 0 unspecified atom stereocenters. The summed E-state index contributed by atoms with van der Waals surface area (Å²) < 4.78 is 30.2. The Kier molecular flexibility index (Phi) is 9.06. The zero-order valence-corrected chi connectivity index (χ0v) is 26.6. The second-order valence-corrected chi connectivity index (χ2v) is 21.6. The highest BCUT2D eigenvalue weighted by molar-refractivity contribution is 6.75. The van der Waals surface area contributed by atoms with Crippen molar-refractivity contribution in [2.45, 2.75) is 77.8 Å². The maximum Gasteiger partial charge on any atom is 0.250 e. The van der Waals surface area contributed by atoms with Crippen molar-refractivity contribution in [2.24, 2.45) is 0 Å². The topological polar surface area (TPSA) is 46.2 Å². The van der Waals surface area contributed by atoms with Gasteiger partial charge in [0.15, 0.2) is 17.2 Å². The summed E-state index contributed by atoms with van der Waals surface area (Å²) in [6.45, 7) is 22.6. The fourth-order valence-electron chi connectivity index (χ4n) is 3.07. The molecule has 2 aromatic carbocycles. The number of methoxy groups -OCH3 is 3. The van der Waals surface area contributed by atoms with Gasteiger partial charge >= 0.3 is 0 Å². The number of hydrogen-bond donors (Lipinski definition) is 0. The predicted octanol–water partition coefficient (Wildman–Crippen LogP) is 8.65. The van der Waals surface area contributed by atoms with Crippen LogP contribution >= 0.6 is 0 Å². The van der Waals surface area contributed by atoms with Gasteiger partial charge in [-0.05, 0) is 60.0 Å². The third-order valence-electron chi connectivity index (χ3n) is 7.49. The Hall–Kier alpha value is -2.39. The third-order valence-corrected chi connectivity index (χ3v) is 16.2. The van der Waals surface area contributed by atoms with E-state index in [-0.39, 0.29) is 10.1 Å². The minimum absolute atomic E-state index is 0.0504. The molecule has 0 aliphatic heterocycles. The molecule has 0 saturated heterocycles. The maximum atomic E-state index is 6.92. The summed E-state index contributed by atoms with van der Waals surface area (Å²) in [4.78, 5) is 0. The van der Waals surface area contributed by atoms with Crippen molar-refractivity contribution in [1.29, 1.82) is 0 Å². The van der Waals surface area contributed by atoms with Gasteiger partial charge in [-0.2, -0.15) is 0 Å². The van der Waals surface area contributed by atoms with Crippen LogP contribution in [0.25, 0.3) is 12.2 Å². The lowest BCUT2D eigenvalue weighted by molar-refractivity contribution is 0.324. The Bertz CT molecular complexity index is 1050. The largest absolute Gasteiger partial charge is 0.541 e. The van der Waals surface area contributed by atoms with Crippen LogP contribution in [0.4, 0.5) is 0 Å². The molecular formula is C29H46O5Si2. The van der Waals surface area contributed by atoms with Gasteiger partial charge in [0, 0.05) is 5.56 Å². The second-order valence-electron chi connectivity index (χ2n) is 12.2. The van der Waals surface area contributed by atoms with Crippen LogP contribution in [-0.4, -0.2) is 38.0 Å². The monoisotopic (exact) mass is 530 g/mol. The molecule has 0 atom stereocenters. The Labute approximate surface area is 221 Å². The van der Waals surface area contributed by atoms with E-state index >= 15 is 0 Å². The number of rotatable bonds is 9. The first-order chi connectivity index (χ1) is 16.5. The van der Waals surface area contributed by atoms with E-state index in [0.717, 1.165) is 22.6 Å². The Morgan fingerprint density at radius 2 is 1.11 bits per heavy atom. The quantitative estimate of drug-likeness (QED) is 0.240. The standard InChI is InChI=1S/C29H46O5Si2/c1-28(2,3)35(10,11)33-23-16-14-15-22(26(23)34-36(12,13)29(4,5)6)18-17-21-19-24(30-7)27(32-9)25(20-21)31-8/h14-20H,1-13H3. The number of benzene rings is 2. The first-order valence-electron chi connectivity index (χ1n) is 12.5. The van der Waals surface area contributed by atoms with Crippen LogP contribution in [0.1, 0.15) is 52.7 Å². The van der Waals surface area contributed by atoms with Gasteiger partial charge in [0.05, 0.1) is 21.3 Å². The van der Waals surface area contributed by atoms with E-state index in [0.29, 0.717) is 17.2 Å². The van der Waals surface area contributed by atoms with Crippen LogP contribution in [0.2, 0.25) is 36.3 Å². The molecule has 0 fully saturated rings. The molecule has 36 heavy (non-hydrogen) atoms. The zero-order chi connectivity index (χ0) is 27.5. The maximum absolute atomic E-state index is 6.92. The summed E-state index contributed by atoms with van der Waals surface area (Å²) in [6.07, 6.45) is 4.11. The zero-order valence-electron chi connectivity index (χ0n) is 24.6. The minimum atomic E-state index is -2.13. The van der Waals surface area contributed by atoms with E-state index in [2.05, 4.69) is 79.9 Å². The second kappa shape index (κ2) is 10.9. The SMILES string of the molecule is COc1cc(C=Cc2cccc(O[Si](C)(C)C(C)(C)C)c2O[Si](C)(C)C(C)(C)C)cc(OC)c1OC. The lowest BCUT2D eigenvalue weighted by Crippen LogP contribution is -2.46. The molecule has 0 amide bonds. The minimum Gasteiger partial charge on any atom is -0.541 e. The van der Waals surface area contributed by atoms with Crippen molar-refractivity contribution >= 4 is 28.8 Å². The van der Waals surface area contributed by atoms with Gasteiger partial charge in [0.2, 0.25) is 5.75 Å². The molecule has 0 aliphatic carbocycles. The van der Waals surface area contributed by atoms with Crippen molar-refractivity contribution < 1.29 is 23.1 Å². The van der Waals surface area contributed by atoms with E-state index in [1.165, 1.54) is 0 Å². The normalized spacial score (nSPS) is 13.0. The van der Waals surface area contributed by atoms with Gasteiger partial charge in [-0.15, -0.1) is 0 Å². The molecule has 7 heteroatoms. The van der Waals surface area contributed by atoms with Gasteiger partial charge in [-0.25, -0.2) is 0 Å². The van der Waals surface area contributed by atoms with Gasteiger partial charge in [-0.1, -0.05) is 65.8 Å². The highest BCUT2D eigenvalue weighted by atomic mass is 28.4. The molecule has 0 heterocycles. The van der Waals surface area contributed by atoms with Crippen LogP contribution in [0.5, 0.6) is 28.7 Å². The fourth-order valence-corrected chi connectivity index (χ4v) is 5.13. The van der Waals surface area contributed by atoms with Crippen molar-refractivity contribution in [1.82, 2.24) is 0 Å². The first kappa shape index (κ1) is 29.8. The van der Waals surface area contributed by atoms with Gasteiger partial charge < -0.3 is 23.1 Å². The summed E-state index contributed by atoms with van der Waals surface area (Å²) in [5, 5.41) is 0.123. The fraction of sp³-hybridized carbons (Fsp3) is 0.517. The molecule has 2 aromatic rings. The lowest BCUT2D eigenvalue weighted by Gasteiger charge is -2.40. The molecule has 0 bridgehead atoms. The molecule has 0 aliphatic rings. The average molecular weight is 531 g/mol. The molecule has 0 N–H and O–H groups in total. The smallest absolute Gasteiger partial charge is 0.250 e. The lowest BCUT2D eigenvalue weighted by atomic mass is 10.1. The van der Waals surface area contributed by atoms with Crippen LogP contribution in [0, 0.1) is 0 Å². The molecule has 0 saturated carbocycles. The van der Waals surface area contributed by atoms with Gasteiger partial charge in [0.1, 0.15) is 5.75 Å². The predicted molar refractivity (Wildman–Crippen MR) is 157 cm³/mol. The van der Waals surface area contributed by atoms with Crippen molar-refractivity contribution in [3.05, 3.63) is 41.5 Å². The van der Waals surface area contributed by atoms with Crippen molar-refractivity contribution in [3.8, 4) is 28.7 Å². The molecule has 0 spiro atoms. The first-order valence-corrected chi connectivity index (χ1v) is 18.3. The number of hydrogen-bond acceptors (Lipinski definition) is 5. The molecule has 2 rings (SSSR count). The van der Waals surface area contributed by atoms with Crippen molar-refractivity contribution in [3.63, 3.8) is 0 Å². The summed E-state index contributed by atoms with van der Waals surface area (Å²) in [6, 6.07) is 10.0. The Morgan fingerprint density at radius 3 is 1.56 bits per heavy atom. The van der Waals surface area contributed by atoms with Crippen LogP contribution < -0.4 is 23.1 Å². The van der Waals surface area contributed by atoms with E-state index in [1.807, 2.05) is 30.3 Å². The van der Waals surface area contributed by atoms with E-state index in [4.69, 9.17) is 23.1 Å². The summed E-state index contributed by atoms with van der Waals surface area (Å²) in [5.41, 5.74) is 1.91. The van der Waals surface area contributed by atoms with E-state index in [1.54, 1.807) is 21.3 Å². The molecule has 0 aromatic heterocycles. The van der Waals surface area contributed by atoms with Crippen LogP contribution in [-0.2, 0) is 0 Å². The molecule has 200 valence electrons. The van der Waals surface area contributed by atoms with Gasteiger partial charge in [-0.3, -0.25) is 0 Å². The molecule has 0 radical (unpaired) electrons.